The smallest absolute Gasteiger partial charge is 0.262 e. The van der Waals surface area contributed by atoms with E-state index in [0.29, 0.717) is 17.3 Å². The third kappa shape index (κ3) is 4.03. The molecule has 1 amide bonds. The van der Waals surface area contributed by atoms with Crippen LogP contribution in [0.25, 0.3) is 5.65 Å². The standard InChI is InChI=1S/C19H19N3O3/c1-13(2)14-6-8-15(9-7-14)20-17(23)12-25-18-11-19(24)22-10-4-3-5-16(22)21-18/h3-11,13H,12H2,1-2H3,(H,20,23). The normalized spacial score (nSPS) is 10.8. The molecule has 0 fully saturated rings. The first-order valence-electron chi connectivity index (χ1n) is 8.04. The molecule has 0 radical (unpaired) electrons. The predicted octanol–water partition coefficient (Wildman–Crippen LogP) is 2.84. The number of pyridine rings is 1. The van der Waals surface area contributed by atoms with Gasteiger partial charge in [-0.15, -0.1) is 0 Å². The SMILES string of the molecule is CC(C)c1ccc(NC(=O)COc2cc(=O)n3ccccc3n2)cc1. The average molecular weight is 337 g/mol. The number of ether oxygens (including phenoxy) is 1. The fourth-order valence-electron chi connectivity index (χ4n) is 2.39. The molecule has 3 aromatic rings. The molecule has 6 nitrogen and oxygen atoms in total. The van der Waals surface area contributed by atoms with Gasteiger partial charge in [-0.2, -0.15) is 4.98 Å². The summed E-state index contributed by atoms with van der Waals surface area (Å²) < 4.78 is 6.76. The van der Waals surface area contributed by atoms with Crippen molar-refractivity contribution < 1.29 is 9.53 Å². The van der Waals surface area contributed by atoms with Crippen LogP contribution in [0.3, 0.4) is 0 Å². The largest absolute Gasteiger partial charge is 0.467 e. The quantitative estimate of drug-likeness (QED) is 0.777. The second-order valence-corrected chi connectivity index (χ2v) is 5.98. The summed E-state index contributed by atoms with van der Waals surface area (Å²) in [4.78, 5) is 28.2. The van der Waals surface area contributed by atoms with Crippen molar-refractivity contribution in [3.05, 3.63) is 70.6 Å². The summed E-state index contributed by atoms with van der Waals surface area (Å²) in [6.45, 7) is 4.00. The zero-order valence-corrected chi connectivity index (χ0v) is 14.1. The van der Waals surface area contributed by atoms with Crippen LogP contribution in [0, 0.1) is 0 Å². The monoisotopic (exact) mass is 337 g/mol. The number of fused-ring (bicyclic) bond motifs is 1. The number of carbonyl (C=O) groups is 1. The van der Waals surface area contributed by atoms with Crippen molar-refractivity contribution in [2.45, 2.75) is 19.8 Å². The fraction of sp³-hybridized carbons (Fsp3) is 0.211. The third-order valence-corrected chi connectivity index (χ3v) is 3.76. The Morgan fingerprint density at radius 1 is 1.20 bits per heavy atom. The van der Waals surface area contributed by atoms with E-state index in [0.717, 1.165) is 0 Å². The maximum Gasteiger partial charge on any atom is 0.262 e. The molecule has 1 N–H and O–H groups in total. The van der Waals surface area contributed by atoms with Gasteiger partial charge >= 0.3 is 0 Å². The number of carbonyl (C=O) groups excluding carboxylic acids is 1. The highest BCUT2D eigenvalue weighted by atomic mass is 16.5. The number of hydrogen-bond acceptors (Lipinski definition) is 4. The fourth-order valence-corrected chi connectivity index (χ4v) is 2.39. The number of benzene rings is 1. The van der Waals surface area contributed by atoms with Gasteiger partial charge in [-0.3, -0.25) is 14.0 Å². The highest BCUT2D eigenvalue weighted by Crippen LogP contribution is 2.17. The minimum atomic E-state index is -0.313. The molecule has 6 heteroatoms. The van der Waals surface area contributed by atoms with Crippen LogP contribution in [-0.4, -0.2) is 21.9 Å². The number of nitrogens with one attached hydrogen (secondary N) is 1. The highest BCUT2D eigenvalue weighted by molar-refractivity contribution is 5.91. The molecule has 2 aromatic heterocycles. The molecule has 0 saturated carbocycles. The molecule has 25 heavy (non-hydrogen) atoms. The minimum absolute atomic E-state index is 0.126. The van der Waals surface area contributed by atoms with E-state index in [1.54, 1.807) is 24.4 Å². The van der Waals surface area contributed by atoms with Crippen LogP contribution in [0.5, 0.6) is 5.88 Å². The van der Waals surface area contributed by atoms with Crippen LogP contribution in [0.15, 0.2) is 59.5 Å². The van der Waals surface area contributed by atoms with E-state index < -0.39 is 0 Å². The maximum absolute atomic E-state index is 12.0. The van der Waals surface area contributed by atoms with Gasteiger partial charge in [0.15, 0.2) is 6.61 Å². The number of hydrogen-bond donors (Lipinski definition) is 1. The van der Waals surface area contributed by atoms with E-state index in [9.17, 15) is 9.59 Å². The van der Waals surface area contributed by atoms with Crippen molar-refractivity contribution in [3.8, 4) is 5.88 Å². The lowest BCUT2D eigenvalue weighted by Crippen LogP contribution is -2.22. The summed E-state index contributed by atoms with van der Waals surface area (Å²) in [5, 5.41) is 2.76. The van der Waals surface area contributed by atoms with Gasteiger partial charge in [0, 0.05) is 11.9 Å². The lowest BCUT2D eigenvalue weighted by molar-refractivity contribution is -0.118. The van der Waals surface area contributed by atoms with Crippen molar-refractivity contribution in [2.75, 3.05) is 11.9 Å². The molecular formula is C19H19N3O3. The van der Waals surface area contributed by atoms with Gasteiger partial charge in [-0.25, -0.2) is 0 Å². The van der Waals surface area contributed by atoms with Crippen LogP contribution >= 0.6 is 0 Å². The molecule has 0 aliphatic heterocycles. The van der Waals surface area contributed by atoms with Gasteiger partial charge in [-0.05, 0) is 35.7 Å². The number of anilines is 1. The Bertz CT molecular complexity index is 946. The lowest BCUT2D eigenvalue weighted by Gasteiger charge is -2.09. The summed E-state index contributed by atoms with van der Waals surface area (Å²) in [7, 11) is 0. The van der Waals surface area contributed by atoms with Crippen molar-refractivity contribution in [2.24, 2.45) is 0 Å². The Hall–Kier alpha value is -3.15. The predicted molar refractivity (Wildman–Crippen MR) is 96.1 cm³/mol. The molecule has 1 aromatic carbocycles. The molecule has 2 heterocycles. The zero-order chi connectivity index (χ0) is 17.8. The second-order valence-electron chi connectivity index (χ2n) is 5.98. The summed E-state index contributed by atoms with van der Waals surface area (Å²) in [6, 6.07) is 14.2. The minimum Gasteiger partial charge on any atom is -0.467 e. The molecule has 0 aliphatic carbocycles. The topological polar surface area (TPSA) is 72.7 Å². The molecule has 128 valence electrons. The van der Waals surface area contributed by atoms with Crippen molar-refractivity contribution in [1.82, 2.24) is 9.38 Å². The second kappa shape index (κ2) is 7.17. The van der Waals surface area contributed by atoms with Crippen molar-refractivity contribution in [1.29, 1.82) is 0 Å². The number of amides is 1. The summed E-state index contributed by atoms with van der Waals surface area (Å²) in [6.07, 6.45) is 1.63. The van der Waals surface area contributed by atoms with E-state index >= 15 is 0 Å². The Labute approximate surface area is 145 Å². The van der Waals surface area contributed by atoms with Crippen LogP contribution in [0.1, 0.15) is 25.3 Å². The van der Waals surface area contributed by atoms with Gasteiger partial charge in [0.2, 0.25) is 5.88 Å². The Morgan fingerprint density at radius 2 is 1.96 bits per heavy atom. The van der Waals surface area contributed by atoms with Gasteiger partial charge in [0.05, 0.1) is 6.07 Å². The van der Waals surface area contributed by atoms with Crippen molar-refractivity contribution >= 4 is 17.2 Å². The van der Waals surface area contributed by atoms with E-state index in [-0.39, 0.29) is 24.0 Å². The Balaban J connectivity index is 1.63. The van der Waals surface area contributed by atoms with Crippen LogP contribution < -0.4 is 15.6 Å². The molecule has 0 aliphatic rings. The van der Waals surface area contributed by atoms with Gasteiger partial charge in [0.1, 0.15) is 5.65 Å². The zero-order valence-electron chi connectivity index (χ0n) is 14.1. The van der Waals surface area contributed by atoms with E-state index in [1.165, 1.54) is 16.0 Å². The number of aromatic nitrogens is 2. The molecule has 0 bridgehead atoms. The molecule has 3 rings (SSSR count). The van der Waals surface area contributed by atoms with E-state index in [2.05, 4.69) is 24.1 Å². The first-order valence-corrected chi connectivity index (χ1v) is 8.04. The van der Waals surface area contributed by atoms with Crippen LogP contribution in [0.4, 0.5) is 5.69 Å². The average Bonchev–Trinajstić information content (AvgIpc) is 2.60. The van der Waals surface area contributed by atoms with Gasteiger partial charge < -0.3 is 10.1 Å². The lowest BCUT2D eigenvalue weighted by atomic mass is 10.0. The summed E-state index contributed by atoms with van der Waals surface area (Å²) >= 11 is 0. The summed E-state index contributed by atoms with van der Waals surface area (Å²) in [5.41, 5.74) is 2.11. The molecule has 0 spiro atoms. The Kier molecular flexibility index (Phi) is 4.79. The Morgan fingerprint density at radius 3 is 2.68 bits per heavy atom. The molecule has 0 unspecified atom stereocenters. The highest BCUT2D eigenvalue weighted by Gasteiger charge is 2.07. The molecule has 0 atom stereocenters. The van der Waals surface area contributed by atoms with Crippen LogP contribution in [0.2, 0.25) is 0 Å². The molecular weight excluding hydrogens is 318 g/mol. The third-order valence-electron chi connectivity index (χ3n) is 3.76. The van der Waals surface area contributed by atoms with Gasteiger partial charge in [-0.1, -0.05) is 32.0 Å². The van der Waals surface area contributed by atoms with E-state index in [1.807, 2.05) is 24.3 Å². The first-order chi connectivity index (χ1) is 12.0. The maximum atomic E-state index is 12.0. The number of nitrogens with zero attached hydrogens (tertiary/aromatic N) is 2. The van der Waals surface area contributed by atoms with Crippen molar-refractivity contribution in [3.63, 3.8) is 0 Å². The summed E-state index contributed by atoms with van der Waals surface area (Å²) in [5.74, 6) is 0.250. The van der Waals surface area contributed by atoms with Gasteiger partial charge in [0.25, 0.3) is 11.5 Å². The molecule has 0 saturated heterocycles. The first kappa shape index (κ1) is 16.7. The number of rotatable bonds is 5. The van der Waals surface area contributed by atoms with E-state index in [4.69, 9.17) is 4.74 Å². The van der Waals surface area contributed by atoms with Crippen LogP contribution in [-0.2, 0) is 4.79 Å².